The Balaban J connectivity index is 0.944. The van der Waals surface area contributed by atoms with Crippen LogP contribution >= 0.6 is 0 Å². The van der Waals surface area contributed by atoms with E-state index in [1.807, 2.05) is 60.7 Å². The molecule has 4 nitrogen and oxygen atoms in total. The van der Waals surface area contributed by atoms with Gasteiger partial charge in [-0.05, 0) is 201 Å². The van der Waals surface area contributed by atoms with E-state index in [1.165, 1.54) is 11.1 Å². The monoisotopic (exact) mass is 1540 g/mol. The maximum Gasteiger partial charge on any atom is 0.252 e. The minimum absolute atomic E-state index is 0.0190. The third-order valence-electron chi connectivity index (χ3n) is 24.0. The Hall–Kier alpha value is -14.0. The van der Waals surface area contributed by atoms with Crippen molar-refractivity contribution in [2.24, 2.45) is 0 Å². The minimum Gasteiger partial charge on any atom is -0.310 e. The van der Waals surface area contributed by atoms with E-state index in [1.54, 1.807) is 57.7 Å². The molecule has 0 saturated heterocycles. The van der Waals surface area contributed by atoms with E-state index in [0.717, 1.165) is 111 Å². The molecule has 0 saturated carbocycles. The Morgan fingerprint density at radius 2 is 0.571 bits per heavy atom. The topological polar surface area (TPSA) is 16.3 Å². The van der Waals surface area contributed by atoms with Crippen LogP contribution in [0.1, 0.15) is 98.2 Å². The lowest BCUT2D eigenvalue weighted by atomic mass is 9.33. The first kappa shape index (κ1) is 58.8. The number of fused-ring (bicyclic) bond motifs is 10. The number of para-hydroxylation sites is 4. The molecule has 119 heavy (non-hydrogen) atoms. The standard InChI is InChI=1S/C114H91BN4/c1-112(2,3)86-46-28-42-80(66-86)78-40-26-44-84(64-78)93-52-30-50-91(76-36-18-12-19-37-76)110(93)118-105-72-89(116-101-54-24-22-48-95(101)97-68-82(56-62-103(97)116)74-32-14-10-15-33-74)58-60-99(105)115-100-61-59-90(117-102-55-25-23-49-96(102)98-69-83(57-63-104(98)117)75-34-16-11-17-35-75)73-106(100)119(108-71-88(114(7,8)9)70-107(118)109(108)115)111-92(77-38-20-13-21-39-77)51-31-53-94(111)85-45-27-41-79(65-85)81-43-29-47-87(67-81)113(4,5)6/h10-73H,1-9H3/i22D,23D,24D,25D,48D,49D,54D,55D,56D,57D,62D,63D,68D,69D. The number of nitrogens with zero attached hydrogens (tertiary/aromatic N) is 4. The van der Waals surface area contributed by atoms with Gasteiger partial charge in [0.1, 0.15) is 0 Å². The van der Waals surface area contributed by atoms with Crippen LogP contribution in [0.5, 0.6) is 0 Å². The molecule has 4 heterocycles. The molecule has 0 radical (unpaired) electrons. The van der Waals surface area contributed by atoms with Crippen LogP contribution in [0.3, 0.4) is 0 Å². The number of hydrogen-bond acceptors (Lipinski definition) is 2. The van der Waals surface area contributed by atoms with Gasteiger partial charge < -0.3 is 18.9 Å². The average Bonchev–Trinajstić information content (AvgIpc) is 1.59. The van der Waals surface area contributed by atoms with Gasteiger partial charge in [-0.2, -0.15) is 0 Å². The first-order valence-electron chi connectivity index (χ1n) is 47.8. The van der Waals surface area contributed by atoms with Crippen molar-refractivity contribution < 1.29 is 19.2 Å². The molecule has 0 bridgehead atoms. The minimum atomic E-state index is -0.762. The summed E-state index contributed by atoms with van der Waals surface area (Å²) in [4.78, 5) is 4.77. The summed E-state index contributed by atoms with van der Waals surface area (Å²) in [6, 6.07) is 98.1. The number of rotatable bonds is 12. The van der Waals surface area contributed by atoms with Gasteiger partial charge in [-0.15, -0.1) is 0 Å². The van der Waals surface area contributed by atoms with Crippen LogP contribution in [0.25, 0.3) is 144 Å². The summed E-state index contributed by atoms with van der Waals surface area (Å²) in [5, 5.41) is 0.233. The molecule has 2 aliphatic rings. The lowest BCUT2D eigenvalue weighted by Gasteiger charge is -2.46. The quantitative estimate of drug-likeness (QED) is 0.113. The number of anilines is 6. The lowest BCUT2D eigenvalue weighted by molar-refractivity contribution is 0.590. The van der Waals surface area contributed by atoms with E-state index in [2.05, 4.69) is 266 Å². The maximum absolute atomic E-state index is 10.4. The fourth-order valence-corrected chi connectivity index (χ4v) is 18.0. The van der Waals surface area contributed by atoms with Gasteiger partial charge in [0, 0.05) is 77.9 Å². The van der Waals surface area contributed by atoms with E-state index in [0.29, 0.717) is 33.9 Å². The predicted molar refractivity (Wildman–Crippen MR) is 509 cm³/mol. The van der Waals surface area contributed by atoms with Crippen molar-refractivity contribution in [3.05, 3.63) is 405 Å². The normalized spacial score (nSPS) is 14.3. The Morgan fingerprint density at radius 3 is 0.966 bits per heavy atom. The zero-order valence-electron chi connectivity index (χ0n) is 81.7. The summed E-state index contributed by atoms with van der Waals surface area (Å²) in [7, 11) is 0. The van der Waals surface area contributed by atoms with Crippen molar-refractivity contribution in [3.8, 4) is 100 Å². The van der Waals surface area contributed by atoms with Crippen LogP contribution < -0.4 is 26.2 Å². The Labute approximate surface area is 718 Å². The van der Waals surface area contributed by atoms with Crippen molar-refractivity contribution in [2.45, 2.75) is 78.6 Å². The summed E-state index contributed by atoms with van der Waals surface area (Å²) < 4.78 is 143. The fourth-order valence-electron chi connectivity index (χ4n) is 18.0. The third kappa shape index (κ3) is 12.5. The number of benzene rings is 17. The lowest BCUT2D eigenvalue weighted by Crippen LogP contribution is -2.61. The van der Waals surface area contributed by atoms with Crippen LogP contribution in [0, 0.1) is 0 Å². The van der Waals surface area contributed by atoms with Crippen LogP contribution in [0.15, 0.2) is 388 Å². The summed E-state index contributed by atoms with van der Waals surface area (Å²) >= 11 is 0. The average molecular weight is 1540 g/mol. The molecular weight excluding hydrogens is 1440 g/mol. The molecular formula is C114H91BN4. The highest BCUT2D eigenvalue weighted by molar-refractivity contribution is 7.00. The summed E-state index contributed by atoms with van der Waals surface area (Å²) in [6.07, 6.45) is 0. The number of hydrogen-bond donors (Lipinski definition) is 0. The van der Waals surface area contributed by atoms with Gasteiger partial charge >= 0.3 is 0 Å². The summed E-state index contributed by atoms with van der Waals surface area (Å²) in [5.41, 5.74) is 22.3. The van der Waals surface area contributed by atoms with E-state index in [-0.39, 0.29) is 102 Å². The molecule has 0 unspecified atom stereocenters. The van der Waals surface area contributed by atoms with E-state index >= 15 is 0 Å². The first-order valence-corrected chi connectivity index (χ1v) is 40.8. The largest absolute Gasteiger partial charge is 0.310 e. The molecule has 570 valence electrons. The highest BCUT2D eigenvalue weighted by Gasteiger charge is 2.46. The van der Waals surface area contributed by atoms with Gasteiger partial charge in [0.2, 0.25) is 0 Å². The van der Waals surface area contributed by atoms with E-state index < -0.39 is 60.5 Å². The molecule has 21 rings (SSSR count). The SMILES string of the molecule is [2H]c1c([2H])c([2H])c2c(c1[2H])c1c([2H])c(-c3ccccc3)c([2H])c([2H])c1n2-c1ccc2c(c1)N(c1c(-c3ccccc3)cccc1-c1cccc(-c3cccc(C(C)(C)C)c3)c1)c1cc(C(C)(C)C)cc3c1B2c1ccc(-n2c4c([2H])c([2H])c([2H])c([2H])c4c4c([2H])c(-c5ccccc5)c([2H])c([2H])c42)cc1N3c1c(-c2ccccc2)cccc1-c1cccc(-c2cccc(C(C)(C)C)c2)c1. The molecule has 0 fully saturated rings. The molecule has 5 heteroatoms. The molecule has 0 N–H and O–H groups in total. The first-order chi connectivity index (χ1) is 63.8. The van der Waals surface area contributed by atoms with Gasteiger partial charge in [-0.1, -0.05) is 365 Å². The second-order valence-corrected chi connectivity index (χ2v) is 34.5. The highest BCUT2D eigenvalue weighted by atomic mass is 15.2. The number of aromatic nitrogens is 2. The molecule has 0 atom stereocenters. The smallest absolute Gasteiger partial charge is 0.252 e. The summed E-state index contributed by atoms with van der Waals surface area (Å²) in [5.74, 6) is 0. The molecule has 2 aliphatic heterocycles. The van der Waals surface area contributed by atoms with Crippen molar-refractivity contribution in [1.29, 1.82) is 0 Å². The van der Waals surface area contributed by atoms with Crippen LogP contribution in [0.4, 0.5) is 34.1 Å². The third-order valence-corrected chi connectivity index (χ3v) is 24.0. The Bertz CT molecular complexity index is 7670. The molecule has 0 spiro atoms. The van der Waals surface area contributed by atoms with Crippen molar-refractivity contribution >= 4 is 101 Å². The predicted octanol–water partition coefficient (Wildman–Crippen LogP) is 29.2. The Kier molecular flexibility index (Phi) is 14.0. The zero-order valence-corrected chi connectivity index (χ0v) is 67.7. The summed E-state index contributed by atoms with van der Waals surface area (Å²) in [6.45, 7) is 19.2. The molecule has 0 aliphatic carbocycles. The van der Waals surface area contributed by atoms with Gasteiger partial charge in [-0.25, -0.2) is 0 Å². The maximum atomic E-state index is 10.4. The molecule has 19 aromatic rings. The van der Waals surface area contributed by atoms with Crippen molar-refractivity contribution in [2.75, 3.05) is 9.80 Å². The Morgan fingerprint density at radius 1 is 0.244 bits per heavy atom. The van der Waals surface area contributed by atoms with Gasteiger partial charge in [-0.3, -0.25) is 0 Å². The second-order valence-electron chi connectivity index (χ2n) is 34.5. The fraction of sp³-hybridized carbons (Fsp3) is 0.105. The van der Waals surface area contributed by atoms with Crippen molar-refractivity contribution in [1.82, 2.24) is 9.13 Å². The highest BCUT2D eigenvalue weighted by Crippen LogP contribution is 2.55. The van der Waals surface area contributed by atoms with Crippen LogP contribution in [-0.2, 0) is 16.2 Å². The van der Waals surface area contributed by atoms with Gasteiger partial charge in [0.15, 0.2) is 0 Å². The van der Waals surface area contributed by atoms with Crippen LogP contribution in [-0.4, -0.2) is 15.8 Å². The molecule has 0 amide bonds. The second kappa shape index (κ2) is 28.4. The van der Waals surface area contributed by atoms with Crippen LogP contribution in [0.2, 0.25) is 0 Å². The van der Waals surface area contributed by atoms with Crippen molar-refractivity contribution in [3.63, 3.8) is 0 Å². The van der Waals surface area contributed by atoms with Gasteiger partial charge in [0.25, 0.3) is 6.71 Å². The molecule has 2 aromatic heterocycles. The van der Waals surface area contributed by atoms with E-state index in [4.69, 9.17) is 0 Å². The molecule has 17 aromatic carbocycles. The zero-order chi connectivity index (χ0) is 92.8. The van der Waals surface area contributed by atoms with E-state index in [9.17, 15) is 19.2 Å². The van der Waals surface area contributed by atoms with Gasteiger partial charge in [0.05, 0.1) is 52.6 Å².